The molecule has 0 aliphatic rings. The summed E-state index contributed by atoms with van der Waals surface area (Å²) in [7, 11) is -3.64. The number of halogens is 1. The number of aryl methyl sites for hydroxylation is 1. The summed E-state index contributed by atoms with van der Waals surface area (Å²) in [5.41, 5.74) is 0.934. The van der Waals surface area contributed by atoms with Crippen molar-refractivity contribution in [3.63, 3.8) is 0 Å². The Bertz CT molecular complexity index is 972. The van der Waals surface area contributed by atoms with Crippen LogP contribution in [0.25, 0.3) is 0 Å². The minimum absolute atomic E-state index is 0.161. The Balaban J connectivity index is 1.65. The quantitative estimate of drug-likeness (QED) is 0.662. The van der Waals surface area contributed by atoms with E-state index in [0.717, 1.165) is 10.4 Å². The number of thiophene rings is 1. The van der Waals surface area contributed by atoms with E-state index in [9.17, 15) is 8.42 Å². The number of sulfonamides is 1. The molecular weight excluding hydrogens is 380 g/mol. The van der Waals surface area contributed by atoms with Crippen LogP contribution in [-0.4, -0.2) is 18.6 Å². The van der Waals surface area contributed by atoms with Crippen LogP contribution in [0.5, 0.6) is 0 Å². The van der Waals surface area contributed by atoms with E-state index >= 15 is 0 Å². The van der Waals surface area contributed by atoms with Crippen LogP contribution in [0.3, 0.4) is 0 Å². The summed E-state index contributed by atoms with van der Waals surface area (Å²) in [6, 6.07) is 14.0. The second-order valence-corrected chi connectivity index (χ2v) is 8.82. The van der Waals surface area contributed by atoms with Crippen LogP contribution in [0.2, 0.25) is 5.02 Å². The zero-order valence-corrected chi connectivity index (χ0v) is 15.6. The van der Waals surface area contributed by atoms with Crippen LogP contribution >= 0.6 is 22.9 Å². The minimum atomic E-state index is -3.64. The molecule has 6 nitrogen and oxygen atoms in total. The van der Waals surface area contributed by atoms with E-state index in [1.807, 2.05) is 31.2 Å². The van der Waals surface area contributed by atoms with Crippen molar-refractivity contribution >= 4 is 44.6 Å². The molecule has 0 amide bonds. The number of rotatable bonds is 6. The predicted molar refractivity (Wildman–Crippen MR) is 101 cm³/mol. The summed E-state index contributed by atoms with van der Waals surface area (Å²) in [5.74, 6) is 0.684. The van der Waals surface area contributed by atoms with Crippen LogP contribution in [0, 0.1) is 6.92 Å². The number of hydrogen-bond acceptors (Lipinski definition) is 6. The molecule has 0 spiro atoms. The van der Waals surface area contributed by atoms with Gasteiger partial charge in [0.25, 0.3) is 10.0 Å². The van der Waals surface area contributed by atoms with Gasteiger partial charge in [0, 0.05) is 16.4 Å². The Labute approximate surface area is 154 Å². The van der Waals surface area contributed by atoms with Gasteiger partial charge in [0.1, 0.15) is 10.0 Å². The summed E-state index contributed by atoms with van der Waals surface area (Å²) in [4.78, 5) is 0.922. The first kappa shape index (κ1) is 17.7. The van der Waals surface area contributed by atoms with Gasteiger partial charge in [0.05, 0.1) is 0 Å². The molecule has 2 N–H and O–H groups in total. The number of hydrogen-bond donors (Lipinski definition) is 2. The van der Waals surface area contributed by atoms with Crippen molar-refractivity contribution < 1.29 is 8.42 Å². The van der Waals surface area contributed by atoms with E-state index in [2.05, 4.69) is 20.2 Å². The first-order valence-electron chi connectivity index (χ1n) is 7.34. The van der Waals surface area contributed by atoms with Gasteiger partial charge in [0.15, 0.2) is 5.82 Å². The van der Waals surface area contributed by atoms with Gasteiger partial charge in [-0.25, -0.2) is 8.42 Å². The first-order chi connectivity index (χ1) is 11.9. The van der Waals surface area contributed by atoms with E-state index in [1.54, 1.807) is 24.3 Å². The standard InChI is InChI=1S/C16H15ClN4O2S2/c1-11-6-9-16(24-11)25(22,23)21-15-8-7-14(19-20-15)18-10-12-4-2-3-5-13(12)17/h2-9H,10H2,1H3,(H,18,19)(H,20,21). The fourth-order valence-corrected chi connectivity index (χ4v) is 4.54. The highest BCUT2D eigenvalue weighted by molar-refractivity contribution is 7.94. The van der Waals surface area contributed by atoms with Crippen LogP contribution < -0.4 is 10.0 Å². The van der Waals surface area contributed by atoms with Crippen molar-refractivity contribution in [2.24, 2.45) is 0 Å². The van der Waals surface area contributed by atoms with Gasteiger partial charge in [-0.15, -0.1) is 21.5 Å². The zero-order chi connectivity index (χ0) is 17.9. The summed E-state index contributed by atoms with van der Waals surface area (Å²) >= 11 is 7.30. The normalized spacial score (nSPS) is 11.3. The average Bonchev–Trinajstić information content (AvgIpc) is 3.03. The first-order valence-corrected chi connectivity index (χ1v) is 10.0. The van der Waals surface area contributed by atoms with E-state index in [0.29, 0.717) is 17.4 Å². The number of nitrogens with zero attached hydrogens (tertiary/aromatic N) is 2. The molecule has 130 valence electrons. The lowest BCUT2D eigenvalue weighted by molar-refractivity contribution is 0.603. The summed E-state index contributed by atoms with van der Waals surface area (Å²) in [6.07, 6.45) is 0. The van der Waals surface area contributed by atoms with Crippen molar-refractivity contribution in [2.45, 2.75) is 17.7 Å². The molecule has 0 aliphatic carbocycles. The Morgan fingerprint density at radius 3 is 2.40 bits per heavy atom. The molecule has 3 aromatic rings. The molecule has 0 radical (unpaired) electrons. The predicted octanol–water partition coefficient (Wildman–Crippen LogP) is 3.91. The third-order valence-corrected chi connectivity index (χ3v) is 6.52. The lowest BCUT2D eigenvalue weighted by Gasteiger charge is -2.08. The van der Waals surface area contributed by atoms with Gasteiger partial charge in [0.2, 0.25) is 0 Å². The van der Waals surface area contributed by atoms with E-state index in [-0.39, 0.29) is 10.0 Å². The second kappa shape index (κ2) is 7.38. The van der Waals surface area contributed by atoms with Crippen molar-refractivity contribution in [3.05, 3.63) is 64.0 Å². The van der Waals surface area contributed by atoms with Crippen LogP contribution in [0.15, 0.2) is 52.7 Å². The van der Waals surface area contributed by atoms with E-state index < -0.39 is 10.0 Å². The summed E-state index contributed by atoms with van der Waals surface area (Å²) in [6.45, 7) is 2.34. The molecule has 2 heterocycles. The summed E-state index contributed by atoms with van der Waals surface area (Å²) in [5, 5.41) is 11.6. The number of benzene rings is 1. The molecule has 0 saturated carbocycles. The van der Waals surface area contributed by atoms with Gasteiger partial charge in [-0.05, 0) is 42.8 Å². The molecule has 2 aromatic heterocycles. The smallest absolute Gasteiger partial charge is 0.272 e. The molecule has 0 atom stereocenters. The Morgan fingerprint density at radius 1 is 1.04 bits per heavy atom. The maximum atomic E-state index is 12.2. The monoisotopic (exact) mass is 394 g/mol. The van der Waals surface area contributed by atoms with Crippen molar-refractivity contribution in [3.8, 4) is 0 Å². The molecule has 1 aromatic carbocycles. The largest absolute Gasteiger partial charge is 0.364 e. The topological polar surface area (TPSA) is 84.0 Å². The molecule has 0 fully saturated rings. The Hall–Kier alpha value is -2.16. The highest BCUT2D eigenvalue weighted by atomic mass is 35.5. The van der Waals surface area contributed by atoms with E-state index in [4.69, 9.17) is 11.6 Å². The lowest BCUT2D eigenvalue weighted by Crippen LogP contribution is -2.13. The van der Waals surface area contributed by atoms with Crippen molar-refractivity contribution in [1.82, 2.24) is 10.2 Å². The van der Waals surface area contributed by atoms with E-state index in [1.165, 1.54) is 11.3 Å². The van der Waals surface area contributed by atoms with Crippen LogP contribution in [0.4, 0.5) is 11.6 Å². The highest BCUT2D eigenvalue weighted by Gasteiger charge is 2.17. The minimum Gasteiger partial charge on any atom is -0.364 e. The highest BCUT2D eigenvalue weighted by Crippen LogP contribution is 2.23. The molecule has 25 heavy (non-hydrogen) atoms. The van der Waals surface area contributed by atoms with Gasteiger partial charge in [-0.2, -0.15) is 0 Å². The second-order valence-electron chi connectivity index (χ2n) is 5.22. The summed E-state index contributed by atoms with van der Waals surface area (Å²) < 4.78 is 27.2. The Morgan fingerprint density at radius 2 is 1.76 bits per heavy atom. The van der Waals surface area contributed by atoms with Gasteiger partial charge in [-0.1, -0.05) is 29.8 Å². The fourth-order valence-electron chi connectivity index (χ4n) is 2.05. The van der Waals surface area contributed by atoms with Crippen molar-refractivity contribution in [2.75, 3.05) is 10.0 Å². The molecule has 0 aliphatic heterocycles. The number of anilines is 2. The maximum absolute atomic E-state index is 12.2. The molecule has 9 heteroatoms. The maximum Gasteiger partial charge on any atom is 0.272 e. The van der Waals surface area contributed by atoms with Crippen molar-refractivity contribution in [1.29, 1.82) is 0 Å². The SMILES string of the molecule is Cc1ccc(S(=O)(=O)Nc2ccc(NCc3ccccc3Cl)nn2)s1. The van der Waals surface area contributed by atoms with Gasteiger partial charge < -0.3 is 5.32 Å². The van der Waals surface area contributed by atoms with Gasteiger partial charge >= 0.3 is 0 Å². The molecule has 0 unspecified atom stereocenters. The number of aromatic nitrogens is 2. The fraction of sp³-hybridized carbons (Fsp3) is 0.125. The zero-order valence-electron chi connectivity index (χ0n) is 13.2. The third-order valence-electron chi connectivity index (χ3n) is 3.30. The third kappa shape index (κ3) is 4.47. The Kier molecular flexibility index (Phi) is 5.22. The molecular formula is C16H15ClN4O2S2. The molecule has 3 rings (SSSR count). The lowest BCUT2D eigenvalue weighted by atomic mass is 10.2. The van der Waals surface area contributed by atoms with Crippen LogP contribution in [-0.2, 0) is 16.6 Å². The molecule has 0 saturated heterocycles. The molecule has 0 bridgehead atoms. The van der Waals surface area contributed by atoms with Crippen LogP contribution in [0.1, 0.15) is 10.4 Å². The number of nitrogens with one attached hydrogen (secondary N) is 2. The average molecular weight is 395 g/mol. The van der Waals surface area contributed by atoms with Gasteiger partial charge in [-0.3, -0.25) is 4.72 Å².